The maximum Gasteiger partial charge on any atom is 0.266 e. The van der Waals surface area contributed by atoms with E-state index in [-0.39, 0.29) is 11.7 Å². The average molecular weight is 358 g/mol. The van der Waals surface area contributed by atoms with Crippen molar-refractivity contribution in [3.05, 3.63) is 52.2 Å². The fourth-order valence-corrected chi connectivity index (χ4v) is 4.22. The monoisotopic (exact) mass is 358 g/mol. The number of thiocarbonyl (C=S) groups is 1. The van der Waals surface area contributed by atoms with Gasteiger partial charge in [0.05, 0.1) is 4.91 Å². The summed E-state index contributed by atoms with van der Waals surface area (Å²) < 4.78 is 2.72. The fourth-order valence-electron chi connectivity index (χ4n) is 2.85. The van der Waals surface area contributed by atoms with Crippen LogP contribution in [0.1, 0.15) is 23.9 Å². The first-order valence-corrected chi connectivity index (χ1v) is 8.88. The molecule has 6 heteroatoms. The average Bonchev–Trinajstić information content (AvgIpc) is 2.97. The number of hydrogen-bond donors (Lipinski definition) is 1. The zero-order valence-electron chi connectivity index (χ0n) is 13.7. The van der Waals surface area contributed by atoms with Gasteiger partial charge in [-0.05, 0) is 62.7 Å². The van der Waals surface area contributed by atoms with Crippen molar-refractivity contribution in [2.75, 3.05) is 6.54 Å². The molecule has 0 saturated carbocycles. The Morgan fingerprint density at radius 3 is 2.50 bits per heavy atom. The molecule has 1 fully saturated rings. The number of rotatable bonds is 3. The first-order chi connectivity index (χ1) is 11.4. The minimum atomic E-state index is -0.0260. The molecule has 0 radical (unpaired) electrons. The Hall–Kier alpha value is -2.05. The first kappa shape index (κ1) is 16.8. The van der Waals surface area contributed by atoms with Gasteiger partial charge in [-0.15, -0.1) is 0 Å². The van der Waals surface area contributed by atoms with Crippen LogP contribution < -0.4 is 0 Å². The molecule has 0 bridgehead atoms. The number of amides is 1. The topological polar surface area (TPSA) is 45.5 Å². The largest absolute Gasteiger partial charge is 0.508 e. The van der Waals surface area contributed by atoms with Gasteiger partial charge in [0, 0.05) is 23.6 Å². The van der Waals surface area contributed by atoms with E-state index in [1.54, 1.807) is 17.0 Å². The van der Waals surface area contributed by atoms with Crippen LogP contribution >= 0.6 is 24.0 Å². The lowest BCUT2D eigenvalue weighted by Gasteiger charge is -2.10. The zero-order chi connectivity index (χ0) is 17.4. The lowest BCUT2D eigenvalue weighted by molar-refractivity contribution is -0.121. The Kier molecular flexibility index (Phi) is 4.51. The number of phenols is 1. The van der Waals surface area contributed by atoms with Crippen molar-refractivity contribution in [2.45, 2.75) is 20.8 Å². The van der Waals surface area contributed by atoms with E-state index in [1.165, 1.54) is 11.8 Å². The molecule has 2 heterocycles. The molecule has 124 valence electrons. The number of aryl methyl sites for hydroxylation is 1. The highest BCUT2D eigenvalue weighted by Crippen LogP contribution is 2.33. The highest BCUT2D eigenvalue weighted by atomic mass is 32.2. The molecule has 1 N–H and O–H groups in total. The summed E-state index contributed by atoms with van der Waals surface area (Å²) in [5, 5.41) is 9.46. The van der Waals surface area contributed by atoms with Gasteiger partial charge in [0.15, 0.2) is 0 Å². The van der Waals surface area contributed by atoms with Gasteiger partial charge in [-0.3, -0.25) is 9.69 Å². The minimum absolute atomic E-state index is 0.0260. The predicted octanol–water partition coefficient (Wildman–Crippen LogP) is 4.02. The molecule has 4 nitrogen and oxygen atoms in total. The van der Waals surface area contributed by atoms with Gasteiger partial charge in [0.2, 0.25) is 0 Å². The number of benzene rings is 1. The standard InChI is InChI=1S/C18H18N2O2S2/c1-4-19-17(22)16(24-18(19)23)10-13-9-11(2)20(12(13)3)14-5-7-15(21)8-6-14/h5-10,21H,4H2,1-3H3/b16-10-. The Bertz CT molecular complexity index is 851. The number of aromatic hydroxyl groups is 1. The quantitative estimate of drug-likeness (QED) is 0.665. The molecule has 24 heavy (non-hydrogen) atoms. The molecule has 0 aliphatic carbocycles. The van der Waals surface area contributed by atoms with Crippen molar-refractivity contribution < 1.29 is 9.90 Å². The number of hydrogen-bond acceptors (Lipinski definition) is 4. The zero-order valence-corrected chi connectivity index (χ0v) is 15.4. The van der Waals surface area contributed by atoms with Gasteiger partial charge in [-0.1, -0.05) is 24.0 Å². The molecule has 2 aromatic rings. The van der Waals surface area contributed by atoms with E-state index >= 15 is 0 Å². The summed E-state index contributed by atoms with van der Waals surface area (Å²) >= 11 is 6.61. The van der Waals surface area contributed by atoms with Gasteiger partial charge in [-0.2, -0.15) is 0 Å². The highest BCUT2D eigenvalue weighted by molar-refractivity contribution is 8.26. The Morgan fingerprint density at radius 1 is 1.25 bits per heavy atom. The summed E-state index contributed by atoms with van der Waals surface area (Å²) in [6.07, 6.45) is 1.91. The van der Waals surface area contributed by atoms with Crippen LogP contribution in [-0.4, -0.2) is 31.3 Å². The van der Waals surface area contributed by atoms with Crippen molar-refractivity contribution in [2.24, 2.45) is 0 Å². The second-order valence-corrected chi connectivity index (χ2v) is 7.28. The molecule has 1 aromatic heterocycles. The van der Waals surface area contributed by atoms with E-state index in [2.05, 4.69) is 10.6 Å². The van der Waals surface area contributed by atoms with Crippen LogP contribution in [0.25, 0.3) is 11.8 Å². The molecule has 1 amide bonds. The number of phenolic OH excluding ortho intramolecular Hbond substituents is 1. The smallest absolute Gasteiger partial charge is 0.266 e. The van der Waals surface area contributed by atoms with E-state index in [1.807, 2.05) is 39.0 Å². The molecule has 0 unspecified atom stereocenters. The van der Waals surface area contributed by atoms with Crippen LogP contribution in [0.5, 0.6) is 5.75 Å². The Balaban J connectivity index is 2.01. The van der Waals surface area contributed by atoms with Crippen molar-refractivity contribution in [1.82, 2.24) is 9.47 Å². The van der Waals surface area contributed by atoms with Gasteiger partial charge in [0.1, 0.15) is 10.1 Å². The van der Waals surface area contributed by atoms with E-state index in [9.17, 15) is 9.90 Å². The fraction of sp³-hybridized carbons (Fsp3) is 0.222. The molecular formula is C18H18N2O2S2. The summed E-state index contributed by atoms with van der Waals surface area (Å²) in [4.78, 5) is 14.7. The van der Waals surface area contributed by atoms with Crippen LogP contribution in [0, 0.1) is 13.8 Å². The highest BCUT2D eigenvalue weighted by Gasteiger charge is 2.30. The molecule has 1 saturated heterocycles. The number of nitrogens with zero attached hydrogens (tertiary/aromatic N) is 2. The van der Waals surface area contributed by atoms with Crippen molar-refractivity contribution >= 4 is 40.3 Å². The van der Waals surface area contributed by atoms with E-state index in [4.69, 9.17) is 12.2 Å². The maximum atomic E-state index is 12.4. The second-order valence-electron chi connectivity index (χ2n) is 5.60. The third kappa shape index (κ3) is 2.87. The number of likely N-dealkylation sites (N-methyl/N-ethyl adjacent to an activating group) is 1. The lowest BCUT2D eigenvalue weighted by Crippen LogP contribution is -2.27. The van der Waals surface area contributed by atoms with Gasteiger partial charge >= 0.3 is 0 Å². The van der Waals surface area contributed by atoms with Crippen LogP contribution in [-0.2, 0) is 4.79 Å². The summed E-state index contributed by atoms with van der Waals surface area (Å²) in [6, 6.07) is 9.13. The van der Waals surface area contributed by atoms with E-state index in [0.29, 0.717) is 15.8 Å². The van der Waals surface area contributed by atoms with Crippen molar-refractivity contribution in [3.63, 3.8) is 0 Å². The molecule has 1 aromatic carbocycles. The van der Waals surface area contributed by atoms with Gasteiger partial charge < -0.3 is 9.67 Å². The van der Waals surface area contributed by atoms with E-state index in [0.717, 1.165) is 22.6 Å². The predicted molar refractivity (Wildman–Crippen MR) is 102 cm³/mol. The Labute approximate surface area is 150 Å². The van der Waals surface area contributed by atoms with Crippen LogP contribution in [0.4, 0.5) is 0 Å². The SMILES string of the molecule is CCN1C(=O)/C(=C/c2cc(C)n(-c3ccc(O)cc3)c2C)SC1=S. The third-order valence-electron chi connectivity index (χ3n) is 4.05. The first-order valence-electron chi connectivity index (χ1n) is 7.66. The minimum Gasteiger partial charge on any atom is -0.508 e. The molecule has 1 aliphatic rings. The second kappa shape index (κ2) is 6.45. The van der Waals surface area contributed by atoms with Gasteiger partial charge in [0.25, 0.3) is 5.91 Å². The van der Waals surface area contributed by atoms with Crippen LogP contribution in [0.15, 0.2) is 35.2 Å². The van der Waals surface area contributed by atoms with Crippen LogP contribution in [0.2, 0.25) is 0 Å². The molecule has 0 atom stereocenters. The number of thioether (sulfide) groups is 1. The van der Waals surface area contributed by atoms with E-state index < -0.39 is 0 Å². The summed E-state index contributed by atoms with van der Waals surface area (Å²) in [5.41, 5.74) is 4.08. The van der Waals surface area contributed by atoms with Crippen molar-refractivity contribution in [1.29, 1.82) is 0 Å². The molecular weight excluding hydrogens is 340 g/mol. The molecule has 0 spiro atoms. The molecule has 1 aliphatic heterocycles. The Morgan fingerprint density at radius 2 is 1.92 bits per heavy atom. The number of carbonyl (C=O) groups excluding carboxylic acids is 1. The maximum absolute atomic E-state index is 12.4. The summed E-state index contributed by atoms with van der Waals surface area (Å²) in [7, 11) is 0. The van der Waals surface area contributed by atoms with Gasteiger partial charge in [-0.25, -0.2) is 0 Å². The number of aromatic nitrogens is 1. The summed E-state index contributed by atoms with van der Waals surface area (Å²) in [6.45, 7) is 6.56. The lowest BCUT2D eigenvalue weighted by atomic mass is 10.2. The number of carbonyl (C=O) groups is 1. The molecule has 3 rings (SSSR count). The third-order valence-corrected chi connectivity index (χ3v) is 5.43. The normalized spacial score (nSPS) is 16.5. The van der Waals surface area contributed by atoms with Crippen molar-refractivity contribution in [3.8, 4) is 11.4 Å². The summed E-state index contributed by atoms with van der Waals surface area (Å²) in [5.74, 6) is 0.214. The van der Waals surface area contributed by atoms with Crippen LogP contribution in [0.3, 0.4) is 0 Å².